The largest absolute Gasteiger partial charge is 0.495 e. The fourth-order valence-electron chi connectivity index (χ4n) is 2.44. The second-order valence-corrected chi connectivity index (χ2v) is 6.36. The molecule has 1 heterocycles. The SMILES string of the molecule is COc1ccccc1NC(=O)C1Cc2ccc(C)cc2S1. The van der Waals surface area contributed by atoms with Crippen molar-refractivity contribution in [3.8, 4) is 5.75 Å². The van der Waals surface area contributed by atoms with E-state index in [0.29, 0.717) is 5.75 Å². The van der Waals surface area contributed by atoms with Crippen molar-refractivity contribution in [1.82, 2.24) is 0 Å². The van der Waals surface area contributed by atoms with E-state index in [2.05, 4.69) is 30.4 Å². The van der Waals surface area contributed by atoms with Gasteiger partial charge >= 0.3 is 0 Å². The van der Waals surface area contributed by atoms with Gasteiger partial charge in [-0.25, -0.2) is 0 Å². The molecule has 21 heavy (non-hydrogen) atoms. The molecule has 1 N–H and O–H groups in total. The van der Waals surface area contributed by atoms with E-state index in [0.717, 1.165) is 12.1 Å². The zero-order valence-corrected chi connectivity index (χ0v) is 12.9. The first-order valence-corrected chi connectivity index (χ1v) is 7.75. The van der Waals surface area contributed by atoms with Gasteiger partial charge in [-0.2, -0.15) is 0 Å². The van der Waals surface area contributed by atoms with Crippen LogP contribution in [0.5, 0.6) is 5.75 Å². The molecule has 1 amide bonds. The number of amides is 1. The Kier molecular flexibility index (Phi) is 3.88. The summed E-state index contributed by atoms with van der Waals surface area (Å²) in [7, 11) is 1.61. The lowest BCUT2D eigenvalue weighted by Gasteiger charge is -2.12. The molecule has 3 rings (SSSR count). The third-order valence-corrected chi connectivity index (χ3v) is 4.85. The molecule has 2 aromatic carbocycles. The van der Waals surface area contributed by atoms with Crippen LogP contribution in [0.1, 0.15) is 11.1 Å². The van der Waals surface area contributed by atoms with Crippen molar-refractivity contribution in [2.24, 2.45) is 0 Å². The molecule has 1 unspecified atom stereocenters. The Morgan fingerprint density at radius 1 is 1.29 bits per heavy atom. The number of hydrogen-bond donors (Lipinski definition) is 1. The topological polar surface area (TPSA) is 38.3 Å². The smallest absolute Gasteiger partial charge is 0.238 e. The highest BCUT2D eigenvalue weighted by molar-refractivity contribution is 8.01. The monoisotopic (exact) mass is 299 g/mol. The van der Waals surface area contributed by atoms with Crippen molar-refractivity contribution >= 4 is 23.4 Å². The Morgan fingerprint density at radius 2 is 2.10 bits per heavy atom. The Balaban J connectivity index is 1.73. The van der Waals surface area contributed by atoms with Crippen LogP contribution in [0.4, 0.5) is 5.69 Å². The molecular formula is C17H17NO2S. The molecule has 1 aliphatic rings. The molecule has 4 heteroatoms. The van der Waals surface area contributed by atoms with E-state index >= 15 is 0 Å². The van der Waals surface area contributed by atoms with Gasteiger partial charge in [0.25, 0.3) is 0 Å². The first-order chi connectivity index (χ1) is 10.2. The maximum atomic E-state index is 12.4. The van der Waals surface area contributed by atoms with Crippen molar-refractivity contribution in [3.63, 3.8) is 0 Å². The van der Waals surface area contributed by atoms with Crippen molar-refractivity contribution in [1.29, 1.82) is 0 Å². The minimum atomic E-state index is -0.0771. The predicted molar refractivity (Wildman–Crippen MR) is 86.2 cm³/mol. The van der Waals surface area contributed by atoms with Gasteiger partial charge in [0.15, 0.2) is 0 Å². The summed E-state index contributed by atoms with van der Waals surface area (Å²) in [5.74, 6) is 0.709. The number of hydrogen-bond acceptors (Lipinski definition) is 3. The van der Waals surface area contributed by atoms with E-state index in [1.54, 1.807) is 18.9 Å². The highest BCUT2D eigenvalue weighted by atomic mass is 32.2. The molecule has 0 radical (unpaired) electrons. The van der Waals surface area contributed by atoms with Crippen LogP contribution in [-0.2, 0) is 11.2 Å². The van der Waals surface area contributed by atoms with E-state index in [4.69, 9.17) is 4.74 Å². The van der Waals surface area contributed by atoms with Gasteiger partial charge in [-0.15, -0.1) is 11.8 Å². The van der Waals surface area contributed by atoms with E-state index in [1.807, 2.05) is 24.3 Å². The second kappa shape index (κ2) is 5.82. The number of ether oxygens (including phenoxy) is 1. The number of fused-ring (bicyclic) bond motifs is 1. The van der Waals surface area contributed by atoms with Crippen LogP contribution in [0.15, 0.2) is 47.4 Å². The molecule has 1 atom stereocenters. The van der Waals surface area contributed by atoms with Gasteiger partial charge in [0, 0.05) is 4.90 Å². The van der Waals surface area contributed by atoms with E-state index < -0.39 is 0 Å². The summed E-state index contributed by atoms with van der Waals surface area (Å²) < 4.78 is 5.26. The van der Waals surface area contributed by atoms with Crippen molar-refractivity contribution in [2.75, 3.05) is 12.4 Å². The maximum Gasteiger partial charge on any atom is 0.238 e. The van der Waals surface area contributed by atoms with Crippen molar-refractivity contribution in [3.05, 3.63) is 53.6 Å². The van der Waals surface area contributed by atoms with Crippen LogP contribution in [0.3, 0.4) is 0 Å². The summed E-state index contributed by atoms with van der Waals surface area (Å²) in [5.41, 5.74) is 3.20. The Hall–Kier alpha value is -1.94. The van der Waals surface area contributed by atoms with Gasteiger partial charge in [0.2, 0.25) is 5.91 Å². The Morgan fingerprint density at radius 3 is 2.90 bits per heavy atom. The predicted octanol–water partition coefficient (Wildman–Crippen LogP) is 3.66. The first-order valence-electron chi connectivity index (χ1n) is 6.87. The minimum absolute atomic E-state index is 0.0263. The standard InChI is InChI=1S/C17H17NO2S/c1-11-7-8-12-10-16(21-15(12)9-11)17(19)18-13-5-3-4-6-14(13)20-2/h3-9,16H,10H2,1-2H3,(H,18,19). The van der Waals surface area contributed by atoms with Gasteiger partial charge in [-0.1, -0.05) is 29.8 Å². The van der Waals surface area contributed by atoms with Crippen molar-refractivity contribution in [2.45, 2.75) is 23.5 Å². The summed E-state index contributed by atoms with van der Waals surface area (Å²) in [6.45, 7) is 2.07. The fraction of sp³-hybridized carbons (Fsp3) is 0.235. The quantitative estimate of drug-likeness (QED) is 0.940. The normalized spacial score (nSPS) is 16.4. The molecule has 3 nitrogen and oxygen atoms in total. The van der Waals surface area contributed by atoms with Crippen LogP contribution in [-0.4, -0.2) is 18.3 Å². The number of methoxy groups -OCH3 is 1. The molecule has 2 aromatic rings. The van der Waals surface area contributed by atoms with Gasteiger partial charge in [-0.3, -0.25) is 4.79 Å². The van der Waals surface area contributed by atoms with E-state index in [1.165, 1.54) is 16.0 Å². The Bertz CT molecular complexity index is 684. The van der Waals surface area contributed by atoms with Crippen LogP contribution in [0.2, 0.25) is 0 Å². The highest BCUT2D eigenvalue weighted by Gasteiger charge is 2.28. The van der Waals surface area contributed by atoms with Crippen LogP contribution in [0.25, 0.3) is 0 Å². The first kappa shape index (κ1) is 14.0. The van der Waals surface area contributed by atoms with Crippen LogP contribution < -0.4 is 10.1 Å². The average Bonchev–Trinajstić information content (AvgIpc) is 2.91. The molecule has 108 valence electrons. The van der Waals surface area contributed by atoms with Gasteiger partial charge < -0.3 is 10.1 Å². The van der Waals surface area contributed by atoms with E-state index in [9.17, 15) is 4.79 Å². The third kappa shape index (κ3) is 2.90. The number of carbonyl (C=O) groups excluding carboxylic acids is 1. The lowest BCUT2D eigenvalue weighted by molar-refractivity contribution is -0.115. The van der Waals surface area contributed by atoms with Gasteiger partial charge in [-0.05, 0) is 37.1 Å². The van der Waals surface area contributed by atoms with E-state index in [-0.39, 0.29) is 11.2 Å². The number of thioether (sulfide) groups is 1. The molecule has 0 spiro atoms. The average molecular weight is 299 g/mol. The Labute approximate surface area is 128 Å². The zero-order chi connectivity index (χ0) is 14.8. The number of carbonyl (C=O) groups is 1. The summed E-state index contributed by atoms with van der Waals surface area (Å²) in [4.78, 5) is 13.7. The molecule has 1 aliphatic heterocycles. The molecule has 0 saturated carbocycles. The number of rotatable bonds is 3. The van der Waals surface area contributed by atoms with Gasteiger partial charge in [0.05, 0.1) is 18.0 Å². The summed E-state index contributed by atoms with van der Waals surface area (Å²) in [6.07, 6.45) is 0.779. The molecule has 0 fully saturated rings. The van der Waals surface area contributed by atoms with Crippen LogP contribution in [0, 0.1) is 6.92 Å². The number of para-hydroxylation sites is 2. The lowest BCUT2D eigenvalue weighted by atomic mass is 10.1. The minimum Gasteiger partial charge on any atom is -0.495 e. The number of benzene rings is 2. The highest BCUT2D eigenvalue weighted by Crippen LogP contribution is 2.38. The number of nitrogens with one attached hydrogen (secondary N) is 1. The molecule has 0 aliphatic carbocycles. The zero-order valence-electron chi connectivity index (χ0n) is 12.1. The van der Waals surface area contributed by atoms with Gasteiger partial charge in [0.1, 0.15) is 5.75 Å². The number of aryl methyl sites for hydroxylation is 1. The summed E-state index contributed by atoms with van der Waals surface area (Å²) in [5, 5.41) is 2.89. The molecule has 0 bridgehead atoms. The molecule has 0 aromatic heterocycles. The molecule has 0 saturated heterocycles. The second-order valence-electron chi connectivity index (χ2n) is 5.11. The molecular weight excluding hydrogens is 282 g/mol. The fourth-order valence-corrected chi connectivity index (χ4v) is 3.73. The summed E-state index contributed by atoms with van der Waals surface area (Å²) in [6, 6.07) is 13.8. The summed E-state index contributed by atoms with van der Waals surface area (Å²) >= 11 is 1.64. The number of anilines is 1. The maximum absolute atomic E-state index is 12.4. The van der Waals surface area contributed by atoms with Crippen molar-refractivity contribution < 1.29 is 9.53 Å². The van der Waals surface area contributed by atoms with Crippen LogP contribution >= 0.6 is 11.8 Å². The lowest BCUT2D eigenvalue weighted by Crippen LogP contribution is -2.24. The third-order valence-electron chi connectivity index (χ3n) is 3.55.